The number of ether oxygens (including phenoxy) is 1. The van der Waals surface area contributed by atoms with Gasteiger partial charge in [0.25, 0.3) is 56.3 Å². The van der Waals surface area contributed by atoms with Gasteiger partial charge in [-0.05, 0) is 73.5 Å². The smallest absolute Gasteiger partial charge is 0.297 e. The molecule has 13 N–H and O–H groups in total. The van der Waals surface area contributed by atoms with Crippen LogP contribution in [0.15, 0.2) is 160 Å². The maximum Gasteiger partial charge on any atom is 0.297 e. The Labute approximate surface area is 536 Å². The largest absolute Gasteiger partial charge is 0.507 e. The van der Waals surface area contributed by atoms with Crippen molar-refractivity contribution in [2.24, 2.45) is 40.9 Å². The number of phenolic OH excluding ortho intramolecular Hbond substituents is 3. The van der Waals surface area contributed by atoms with Crippen LogP contribution in [0.1, 0.15) is 12.0 Å². The second kappa shape index (κ2) is 28.7. The first kappa shape index (κ1) is 71.4. The number of aromatic hydroxyl groups is 3. The summed E-state index contributed by atoms with van der Waals surface area (Å²) in [6.45, 7) is 1.20. The van der Waals surface area contributed by atoms with Gasteiger partial charge < -0.3 is 25.8 Å². The minimum absolute atomic E-state index is 0.0361. The third kappa shape index (κ3) is 15.9. The number of non-ortho nitro benzene ring substituents is 1. The molecule has 0 atom stereocenters. The van der Waals surface area contributed by atoms with E-state index in [1.54, 1.807) is 0 Å². The Morgan fingerprint density at radius 1 is 0.511 bits per heavy atom. The summed E-state index contributed by atoms with van der Waals surface area (Å²) in [6, 6.07) is 11.9. The number of phenols is 3. The van der Waals surface area contributed by atoms with Crippen LogP contribution in [0.5, 0.6) is 23.0 Å². The van der Waals surface area contributed by atoms with Crippen LogP contribution in [-0.2, 0) is 78.7 Å². The molecule has 0 aliphatic rings. The van der Waals surface area contributed by atoms with E-state index in [0.29, 0.717) is 36.3 Å². The average molecular weight is 1470 g/mol. The third-order valence-corrected chi connectivity index (χ3v) is 18.7. The van der Waals surface area contributed by atoms with Gasteiger partial charge in [0.05, 0.1) is 67.6 Å². The number of nitro benzene ring substituents is 1. The van der Waals surface area contributed by atoms with Crippen molar-refractivity contribution in [2.75, 3.05) is 18.1 Å². The van der Waals surface area contributed by atoms with Gasteiger partial charge >= 0.3 is 0 Å². The Morgan fingerprint density at radius 2 is 1.07 bits per heavy atom. The lowest BCUT2D eigenvalue weighted by Crippen LogP contribution is -2.03. The number of azo groups is 4. The average Bonchev–Trinajstić information content (AvgIpc) is 0.757. The van der Waals surface area contributed by atoms with Gasteiger partial charge in [0.1, 0.15) is 75.8 Å². The Kier molecular flexibility index (Phi) is 21.8. The predicted octanol–water partition coefficient (Wildman–Crippen LogP) is 11.7. The zero-order chi connectivity index (χ0) is 69.0. The molecule has 0 fully saturated rings. The molecule has 0 bridgehead atoms. The maximum atomic E-state index is 13.3. The predicted molar refractivity (Wildman–Crippen MR) is 320 cm³/mol. The molecule has 0 saturated carbocycles. The Morgan fingerprint density at radius 3 is 1.69 bits per heavy atom. The molecule has 0 heterocycles. The molecule has 0 unspecified atom stereocenters. The number of nitrogens with two attached hydrogens (primary N) is 1. The molecular formula is C46H36N10O30S8. The summed E-state index contributed by atoms with van der Waals surface area (Å²) in [5.74, 6) is -3.22. The standard InChI is InChI=1S/C46H36N10O30S8/c1-19-12-28(31(80-10-3-11-87-84-81-62)16-27(19)50-53-41-33(89-86-83-64)18-35(91(68,69)70)22-4-2-5-30(57)38(22)41)51-55-43-37(93(74,75)76)15-23-21(44(43)58)7-9-26(46(23)94(77,78)79)49-52-29-17-34(90(65,66)67)24-14-32(88-85-82-63)42(45(59)39(24)40(29)47)54-48-25-8-6-20(56(60)61)13-36(25)92(71,72)73/h2,4-9,12-18,57-59,62-64H,3,10-11,47H2,1H3,(H,65,66,67)(H,68,69,70)(H,71,72,73)(H,74,75,76)(H,77,78,79). The summed E-state index contributed by atoms with van der Waals surface area (Å²) in [5, 5.41) is 110. The van der Waals surface area contributed by atoms with Crippen molar-refractivity contribution in [2.45, 2.75) is 47.6 Å². The molecule has 94 heavy (non-hydrogen) atoms. The number of anilines is 1. The van der Waals surface area contributed by atoms with Gasteiger partial charge in [-0.2, -0.15) is 47.2 Å². The number of nitro groups is 1. The van der Waals surface area contributed by atoms with Crippen LogP contribution in [0.25, 0.3) is 32.3 Å². The first-order valence-corrected chi connectivity index (χ1v) is 33.9. The van der Waals surface area contributed by atoms with Crippen LogP contribution >= 0.6 is 36.1 Å². The van der Waals surface area contributed by atoms with E-state index in [0.717, 1.165) is 36.4 Å². The molecule has 0 radical (unpaired) electrons. The Balaban J connectivity index is 1.26. The number of rotatable bonds is 27. The fraction of sp³-hybridized carbons (Fsp3) is 0.0870. The summed E-state index contributed by atoms with van der Waals surface area (Å²) >= 11 is 0.779. The Hall–Kier alpha value is -8.42. The van der Waals surface area contributed by atoms with Crippen LogP contribution in [0.2, 0.25) is 0 Å². The van der Waals surface area contributed by atoms with Crippen LogP contribution in [-0.4, -0.2) is 113 Å². The summed E-state index contributed by atoms with van der Waals surface area (Å²) in [7, 11) is -27.2. The topological polar surface area (TPSA) is 626 Å². The maximum absolute atomic E-state index is 13.3. The zero-order valence-corrected chi connectivity index (χ0v) is 52.3. The quantitative estimate of drug-likeness (QED) is 0.00332. The van der Waals surface area contributed by atoms with Gasteiger partial charge in [0.15, 0.2) is 11.5 Å². The fourth-order valence-electron chi connectivity index (χ4n) is 8.50. The molecule has 8 rings (SSSR count). The van der Waals surface area contributed by atoms with Crippen molar-refractivity contribution in [3.05, 3.63) is 101 Å². The summed E-state index contributed by atoms with van der Waals surface area (Å²) < 4.78 is 199. The molecule has 0 aliphatic carbocycles. The van der Waals surface area contributed by atoms with Gasteiger partial charge in [-0.15, -0.1) is 48.8 Å². The highest BCUT2D eigenvalue weighted by Gasteiger charge is 2.31. The van der Waals surface area contributed by atoms with Gasteiger partial charge in [-0.3, -0.25) is 32.9 Å². The fourth-order valence-corrected chi connectivity index (χ4v) is 13.4. The van der Waals surface area contributed by atoms with Gasteiger partial charge in [-0.25, -0.2) is 15.8 Å². The molecule has 0 spiro atoms. The van der Waals surface area contributed by atoms with E-state index in [4.69, 9.17) is 26.2 Å². The van der Waals surface area contributed by atoms with Crippen LogP contribution in [0.3, 0.4) is 0 Å². The van der Waals surface area contributed by atoms with Crippen molar-refractivity contribution in [1.82, 2.24) is 0 Å². The van der Waals surface area contributed by atoms with E-state index < -0.39 is 163 Å². The molecule has 0 saturated heterocycles. The lowest BCUT2D eigenvalue weighted by Gasteiger charge is -2.15. The van der Waals surface area contributed by atoms with Crippen molar-refractivity contribution in [3.8, 4) is 23.0 Å². The van der Waals surface area contributed by atoms with E-state index in [9.17, 15) is 90.3 Å². The third-order valence-electron chi connectivity index (χ3n) is 12.4. The van der Waals surface area contributed by atoms with E-state index in [1.165, 1.54) is 31.2 Å². The normalized spacial score (nSPS) is 12.9. The minimum Gasteiger partial charge on any atom is -0.507 e. The summed E-state index contributed by atoms with van der Waals surface area (Å²) in [4.78, 5) is 3.57. The van der Waals surface area contributed by atoms with Crippen LogP contribution < -0.4 is 10.5 Å². The number of aryl methyl sites for hydroxylation is 1. The molecule has 8 aromatic carbocycles. The highest BCUT2D eigenvalue weighted by atomic mass is 32.2. The van der Waals surface area contributed by atoms with Gasteiger partial charge in [-0.1, -0.05) is 27.2 Å². The van der Waals surface area contributed by atoms with E-state index in [2.05, 4.69) is 69.0 Å². The number of fused-ring (bicyclic) bond motifs is 3. The second-order valence-corrected chi connectivity index (χ2v) is 27.3. The molecule has 498 valence electrons. The van der Waals surface area contributed by atoms with Gasteiger partial charge in [0.2, 0.25) is 0 Å². The first-order chi connectivity index (χ1) is 44.1. The highest BCUT2D eigenvalue weighted by molar-refractivity contribution is 7.95. The first-order valence-electron chi connectivity index (χ1n) is 24.3. The molecule has 0 amide bonds. The summed E-state index contributed by atoms with van der Waals surface area (Å²) in [6.07, 6.45) is 0.129. The molecule has 8 aromatic rings. The van der Waals surface area contributed by atoms with E-state index in [1.807, 2.05) is 0 Å². The minimum atomic E-state index is -5.73. The van der Waals surface area contributed by atoms with E-state index in [-0.39, 0.29) is 86.9 Å². The summed E-state index contributed by atoms with van der Waals surface area (Å²) in [5.41, 5.74) is -0.509. The Bertz CT molecular complexity index is 5150. The molecule has 0 aliphatic heterocycles. The number of nitrogens with zero attached hydrogens (tertiary/aromatic N) is 9. The zero-order valence-electron chi connectivity index (χ0n) is 45.7. The van der Waals surface area contributed by atoms with Crippen molar-refractivity contribution >= 4 is 176 Å². The monoisotopic (exact) mass is 1460 g/mol. The molecule has 40 nitrogen and oxygen atoms in total. The van der Waals surface area contributed by atoms with Crippen molar-refractivity contribution in [3.63, 3.8) is 0 Å². The number of hydrogen-bond donors (Lipinski definition) is 12. The molecule has 48 heteroatoms. The van der Waals surface area contributed by atoms with Crippen LogP contribution in [0, 0.1) is 17.0 Å². The lowest BCUT2D eigenvalue weighted by atomic mass is 10.0. The number of benzene rings is 8. The van der Waals surface area contributed by atoms with Crippen molar-refractivity contribution in [1.29, 1.82) is 0 Å². The van der Waals surface area contributed by atoms with Crippen LogP contribution in [0.4, 0.5) is 56.9 Å². The van der Waals surface area contributed by atoms with Gasteiger partial charge in [0, 0.05) is 57.5 Å². The lowest BCUT2D eigenvalue weighted by molar-refractivity contribution is -0.432. The SMILES string of the molecule is Cc1cc(N=Nc2c(S(=O)(=O)O)cc3c(S(=O)(=O)O)c(N=Nc4cc(S(=O)(=O)O)c5cc(SOOO)c(N=Nc6ccc([N+](=O)[O-])cc6S(=O)(=O)O)c(O)c5c4N)ccc3c2O)c(OCCCSOOO)cc1N=Nc1c(SOOO)cc(S(=O)(=O)O)c2cccc(O)c12. The number of nitrogen functional groups attached to an aromatic ring is 1. The van der Waals surface area contributed by atoms with Crippen molar-refractivity contribution < 1.29 is 134 Å². The molecular weight excluding hydrogens is 1430 g/mol. The van der Waals surface area contributed by atoms with E-state index >= 15 is 0 Å². The number of hydrogen-bond acceptors (Lipinski definition) is 37. The molecule has 0 aromatic heterocycles. The second-order valence-electron chi connectivity index (χ2n) is 18.1. The highest BCUT2D eigenvalue weighted by Crippen LogP contribution is 2.52.